The summed E-state index contributed by atoms with van der Waals surface area (Å²) in [5.74, 6) is -0.221. The van der Waals surface area contributed by atoms with E-state index in [1.807, 2.05) is 12.1 Å². The van der Waals surface area contributed by atoms with E-state index in [9.17, 15) is 9.59 Å². The number of carbonyl (C=O) groups is 2. The number of methoxy groups -OCH3 is 1. The molecule has 0 spiro atoms. The Morgan fingerprint density at radius 2 is 2.41 bits per heavy atom. The van der Waals surface area contributed by atoms with E-state index in [1.165, 1.54) is 12.0 Å². The molecule has 1 aromatic rings. The van der Waals surface area contributed by atoms with Gasteiger partial charge in [-0.2, -0.15) is 0 Å². The Bertz CT molecular complexity index is 464. The third-order valence-corrected chi connectivity index (χ3v) is 3.31. The molecule has 5 nitrogen and oxygen atoms in total. The summed E-state index contributed by atoms with van der Waals surface area (Å²) in [5.41, 5.74) is 0. The highest BCUT2D eigenvalue weighted by molar-refractivity contribution is 14.1. The zero-order valence-corrected chi connectivity index (χ0v) is 11.4. The Morgan fingerprint density at radius 1 is 1.65 bits per heavy atom. The molecule has 1 fully saturated rings. The second kappa shape index (κ2) is 4.99. The highest BCUT2D eigenvalue weighted by Crippen LogP contribution is 2.24. The van der Waals surface area contributed by atoms with Crippen molar-refractivity contribution in [2.24, 2.45) is 5.92 Å². The Hall–Kier alpha value is -1.18. The molecule has 17 heavy (non-hydrogen) atoms. The second-order valence-corrected chi connectivity index (χ2v) is 5.01. The third kappa shape index (κ3) is 2.56. The number of rotatable bonds is 2. The monoisotopic (exact) mass is 346 g/mol. The molecule has 1 aliphatic heterocycles. The molecular weight excluding hydrogens is 335 g/mol. The van der Waals surface area contributed by atoms with Gasteiger partial charge in [-0.3, -0.25) is 14.5 Å². The lowest BCUT2D eigenvalue weighted by Crippen LogP contribution is -2.27. The van der Waals surface area contributed by atoms with Crippen LogP contribution < -0.4 is 4.90 Å². The van der Waals surface area contributed by atoms with Gasteiger partial charge in [-0.15, -0.1) is 0 Å². The van der Waals surface area contributed by atoms with Crippen molar-refractivity contribution in [3.05, 3.63) is 21.9 Å². The smallest absolute Gasteiger partial charge is 0.311 e. The molecule has 2 heterocycles. The van der Waals surface area contributed by atoms with Crippen LogP contribution in [0.4, 0.5) is 5.82 Å². The SMILES string of the molecule is COC(=O)C1CC(=O)N(c2cc(I)ccn2)C1. The van der Waals surface area contributed by atoms with E-state index in [-0.39, 0.29) is 24.2 Å². The van der Waals surface area contributed by atoms with Gasteiger partial charge in [0.05, 0.1) is 13.0 Å². The first kappa shape index (κ1) is 12.3. The number of nitrogens with zero attached hydrogens (tertiary/aromatic N) is 2. The normalized spacial score (nSPS) is 19.5. The fourth-order valence-corrected chi connectivity index (χ4v) is 2.23. The summed E-state index contributed by atoms with van der Waals surface area (Å²) in [6.07, 6.45) is 1.84. The Balaban J connectivity index is 2.18. The van der Waals surface area contributed by atoms with E-state index >= 15 is 0 Å². The van der Waals surface area contributed by atoms with Crippen LogP contribution in [0.25, 0.3) is 0 Å². The number of ether oxygens (including phenoxy) is 1. The molecule has 6 heteroatoms. The Labute approximate surface area is 112 Å². The van der Waals surface area contributed by atoms with E-state index in [2.05, 4.69) is 32.3 Å². The molecule has 0 radical (unpaired) electrons. The Morgan fingerprint density at radius 3 is 3.06 bits per heavy atom. The van der Waals surface area contributed by atoms with Crippen molar-refractivity contribution in [3.63, 3.8) is 0 Å². The van der Waals surface area contributed by atoms with E-state index in [0.29, 0.717) is 12.4 Å². The van der Waals surface area contributed by atoms with Crippen molar-refractivity contribution in [1.82, 2.24) is 4.98 Å². The van der Waals surface area contributed by atoms with Gasteiger partial charge in [0.15, 0.2) is 0 Å². The van der Waals surface area contributed by atoms with Gasteiger partial charge in [-0.05, 0) is 34.7 Å². The van der Waals surface area contributed by atoms with Crippen LogP contribution in [0.15, 0.2) is 18.3 Å². The van der Waals surface area contributed by atoms with Gasteiger partial charge in [0, 0.05) is 22.7 Å². The average molecular weight is 346 g/mol. The molecule has 1 saturated heterocycles. The topological polar surface area (TPSA) is 59.5 Å². The molecule has 1 amide bonds. The molecule has 1 aliphatic rings. The van der Waals surface area contributed by atoms with Crippen LogP contribution in [0.1, 0.15) is 6.42 Å². The maximum atomic E-state index is 11.8. The van der Waals surface area contributed by atoms with Gasteiger partial charge in [0.25, 0.3) is 0 Å². The maximum Gasteiger partial charge on any atom is 0.311 e. The number of esters is 1. The van der Waals surface area contributed by atoms with Gasteiger partial charge in [-0.1, -0.05) is 0 Å². The first-order valence-corrected chi connectivity index (χ1v) is 6.19. The quantitative estimate of drug-likeness (QED) is 0.597. The first-order chi connectivity index (χ1) is 8.11. The fraction of sp³-hybridized carbons (Fsp3) is 0.364. The predicted molar refractivity (Wildman–Crippen MR) is 69.4 cm³/mol. The summed E-state index contributed by atoms with van der Waals surface area (Å²) in [6, 6.07) is 3.67. The van der Waals surface area contributed by atoms with E-state index < -0.39 is 0 Å². The maximum absolute atomic E-state index is 11.8. The number of carbonyl (C=O) groups excluding carboxylic acids is 2. The molecule has 1 aromatic heterocycles. The standard InChI is InChI=1S/C11H11IN2O3/c1-17-11(16)7-4-10(15)14(6-7)9-5-8(12)2-3-13-9/h2-3,5,7H,4,6H2,1H3. The molecule has 1 unspecified atom stereocenters. The van der Waals surface area contributed by atoms with E-state index in [1.54, 1.807) is 6.20 Å². The Kier molecular flexibility index (Phi) is 3.60. The summed E-state index contributed by atoms with van der Waals surface area (Å²) in [4.78, 5) is 28.8. The second-order valence-electron chi connectivity index (χ2n) is 3.76. The molecule has 0 saturated carbocycles. The van der Waals surface area contributed by atoms with Crippen LogP contribution in [0.3, 0.4) is 0 Å². The minimum atomic E-state index is -0.382. The lowest BCUT2D eigenvalue weighted by atomic mass is 10.1. The van der Waals surface area contributed by atoms with Crippen molar-refractivity contribution in [2.45, 2.75) is 6.42 Å². The van der Waals surface area contributed by atoms with Gasteiger partial charge in [-0.25, -0.2) is 4.98 Å². The summed E-state index contributed by atoms with van der Waals surface area (Å²) < 4.78 is 5.65. The number of halogens is 1. The van der Waals surface area contributed by atoms with Crippen LogP contribution in [0, 0.1) is 9.49 Å². The fourth-order valence-electron chi connectivity index (χ4n) is 1.79. The van der Waals surface area contributed by atoms with Crippen LogP contribution in [0.5, 0.6) is 0 Å². The molecule has 90 valence electrons. The zero-order chi connectivity index (χ0) is 12.4. The van der Waals surface area contributed by atoms with Crippen molar-refractivity contribution in [3.8, 4) is 0 Å². The summed E-state index contributed by atoms with van der Waals surface area (Å²) in [5, 5.41) is 0. The number of aromatic nitrogens is 1. The average Bonchev–Trinajstić information content (AvgIpc) is 2.70. The zero-order valence-electron chi connectivity index (χ0n) is 9.22. The number of amides is 1. The predicted octanol–water partition coefficient (Wildman–Crippen LogP) is 1.21. The third-order valence-electron chi connectivity index (χ3n) is 2.64. The van der Waals surface area contributed by atoms with Crippen molar-refractivity contribution >= 4 is 40.3 Å². The molecule has 0 aromatic carbocycles. The van der Waals surface area contributed by atoms with Crippen LogP contribution in [-0.2, 0) is 14.3 Å². The minimum absolute atomic E-state index is 0.0881. The van der Waals surface area contributed by atoms with Gasteiger partial charge < -0.3 is 4.74 Å². The lowest BCUT2D eigenvalue weighted by Gasteiger charge is -2.15. The lowest BCUT2D eigenvalue weighted by molar-refractivity contribution is -0.145. The molecule has 2 rings (SSSR count). The molecule has 1 atom stereocenters. The van der Waals surface area contributed by atoms with Gasteiger partial charge in [0.2, 0.25) is 5.91 Å². The number of anilines is 1. The molecule has 0 N–H and O–H groups in total. The minimum Gasteiger partial charge on any atom is -0.469 e. The van der Waals surface area contributed by atoms with Gasteiger partial charge >= 0.3 is 5.97 Å². The van der Waals surface area contributed by atoms with Crippen molar-refractivity contribution < 1.29 is 14.3 Å². The highest BCUT2D eigenvalue weighted by atomic mass is 127. The van der Waals surface area contributed by atoms with Crippen molar-refractivity contribution in [2.75, 3.05) is 18.6 Å². The van der Waals surface area contributed by atoms with Gasteiger partial charge in [0.1, 0.15) is 5.82 Å². The summed E-state index contributed by atoms with van der Waals surface area (Å²) in [6.45, 7) is 0.346. The summed E-state index contributed by atoms with van der Waals surface area (Å²) in [7, 11) is 1.33. The van der Waals surface area contributed by atoms with Crippen LogP contribution in [0.2, 0.25) is 0 Å². The molecular formula is C11H11IN2O3. The largest absolute Gasteiger partial charge is 0.469 e. The van der Waals surface area contributed by atoms with Crippen molar-refractivity contribution in [1.29, 1.82) is 0 Å². The number of hydrogen-bond acceptors (Lipinski definition) is 4. The molecule has 0 aliphatic carbocycles. The van der Waals surface area contributed by atoms with E-state index in [4.69, 9.17) is 0 Å². The first-order valence-electron chi connectivity index (χ1n) is 5.11. The van der Waals surface area contributed by atoms with Crippen LogP contribution >= 0.6 is 22.6 Å². The number of pyridine rings is 1. The highest BCUT2D eigenvalue weighted by Gasteiger charge is 2.36. The van der Waals surface area contributed by atoms with E-state index in [0.717, 1.165) is 3.57 Å². The molecule has 0 bridgehead atoms. The summed E-state index contributed by atoms with van der Waals surface area (Å²) >= 11 is 2.16. The number of hydrogen-bond donors (Lipinski definition) is 0. The van der Waals surface area contributed by atoms with Crippen LogP contribution in [-0.4, -0.2) is 30.5 Å².